The molecule has 0 bridgehead atoms. The van der Waals surface area contributed by atoms with E-state index >= 15 is 0 Å². The van der Waals surface area contributed by atoms with Crippen LogP contribution >= 0.6 is 23.2 Å². The average Bonchev–Trinajstić information content (AvgIpc) is 3.25. The summed E-state index contributed by atoms with van der Waals surface area (Å²) in [5.41, 5.74) is 0.248. The van der Waals surface area contributed by atoms with Crippen LogP contribution in [-0.2, 0) is 19.6 Å². The first kappa shape index (κ1) is 22.6. The van der Waals surface area contributed by atoms with E-state index in [1.54, 1.807) is 24.3 Å². The van der Waals surface area contributed by atoms with Gasteiger partial charge in [0.1, 0.15) is 0 Å². The van der Waals surface area contributed by atoms with Gasteiger partial charge in [-0.2, -0.15) is 4.31 Å². The van der Waals surface area contributed by atoms with Crippen LogP contribution in [0.5, 0.6) is 0 Å². The topological polar surface area (TPSA) is 92.8 Å². The Morgan fingerprint density at radius 3 is 2.40 bits per heavy atom. The van der Waals surface area contributed by atoms with Gasteiger partial charge in [0.2, 0.25) is 10.0 Å². The molecule has 1 N–H and O–H groups in total. The van der Waals surface area contributed by atoms with Gasteiger partial charge in [0.25, 0.3) is 5.91 Å². The lowest BCUT2D eigenvalue weighted by Crippen LogP contribution is -2.30. The van der Waals surface area contributed by atoms with Crippen molar-refractivity contribution in [2.45, 2.75) is 30.8 Å². The van der Waals surface area contributed by atoms with Gasteiger partial charge in [-0.1, -0.05) is 35.3 Å². The lowest BCUT2D eigenvalue weighted by atomic mass is 10.2. The molecule has 2 aromatic carbocycles. The van der Waals surface area contributed by atoms with Crippen LogP contribution in [0.3, 0.4) is 0 Å². The number of halogens is 2. The van der Waals surface area contributed by atoms with Crippen LogP contribution < -0.4 is 5.32 Å². The Bertz CT molecular complexity index is 1070. The maximum atomic E-state index is 12.7. The summed E-state index contributed by atoms with van der Waals surface area (Å²) in [7, 11) is -3.73. The van der Waals surface area contributed by atoms with E-state index in [1.165, 1.54) is 29.4 Å². The summed E-state index contributed by atoms with van der Waals surface area (Å²) < 4.78 is 32.0. The highest BCUT2D eigenvalue weighted by Gasteiger charge is 2.29. The molecule has 160 valence electrons. The number of benzene rings is 2. The molecule has 1 unspecified atom stereocenters. The van der Waals surface area contributed by atoms with Crippen molar-refractivity contribution < 1.29 is 22.7 Å². The number of carbonyl (C=O) groups is 2. The van der Waals surface area contributed by atoms with E-state index in [0.29, 0.717) is 23.8 Å². The monoisotopic (exact) mass is 470 g/mol. The third-order valence-corrected chi connectivity index (χ3v) is 7.20. The number of esters is 1. The molecular formula is C20H20Cl2N2O5S. The number of nitrogens with zero attached hydrogens (tertiary/aromatic N) is 1. The van der Waals surface area contributed by atoms with E-state index in [1.807, 2.05) is 0 Å². The molecule has 30 heavy (non-hydrogen) atoms. The van der Waals surface area contributed by atoms with Crippen molar-refractivity contribution in [1.82, 2.24) is 4.31 Å². The fourth-order valence-electron chi connectivity index (χ4n) is 2.97. The first-order valence-electron chi connectivity index (χ1n) is 9.26. The predicted octanol–water partition coefficient (Wildman–Crippen LogP) is 3.96. The van der Waals surface area contributed by atoms with E-state index in [4.69, 9.17) is 27.9 Å². The number of carbonyl (C=O) groups excluding carboxylic acids is 2. The molecule has 1 fully saturated rings. The molecular weight excluding hydrogens is 451 g/mol. The highest BCUT2D eigenvalue weighted by molar-refractivity contribution is 7.89. The second kappa shape index (κ2) is 9.34. The molecule has 0 saturated carbocycles. The van der Waals surface area contributed by atoms with Gasteiger partial charge in [-0.25, -0.2) is 13.2 Å². The van der Waals surface area contributed by atoms with Gasteiger partial charge in [0.05, 0.1) is 26.2 Å². The number of anilines is 1. The van der Waals surface area contributed by atoms with Gasteiger partial charge in [0.15, 0.2) is 6.10 Å². The molecule has 2 aromatic rings. The molecule has 1 aliphatic rings. The van der Waals surface area contributed by atoms with E-state index in [2.05, 4.69) is 5.32 Å². The molecule has 1 aliphatic heterocycles. The van der Waals surface area contributed by atoms with Crippen molar-refractivity contribution in [1.29, 1.82) is 0 Å². The Labute approximate surface area is 185 Å². The third kappa shape index (κ3) is 4.95. The van der Waals surface area contributed by atoms with Gasteiger partial charge >= 0.3 is 5.97 Å². The molecule has 3 rings (SSSR count). The molecule has 0 aliphatic carbocycles. The normalized spacial score (nSPS) is 15.6. The minimum atomic E-state index is -3.73. The second-order valence-electron chi connectivity index (χ2n) is 6.77. The van der Waals surface area contributed by atoms with Gasteiger partial charge in [-0.15, -0.1) is 0 Å². The van der Waals surface area contributed by atoms with Crippen molar-refractivity contribution in [3.05, 3.63) is 58.1 Å². The SMILES string of the molecule is CC(OC(=O)c1cc(S(=O)(=O)N2CCCC2)ccc1Cl)C(=O)Nc1ccccc1Cl. The Balaban J connectivity index is 1.74. The summed E-state index contributed by atoms with van der Waals surface area (Å²) in [4.78, 5) is 24.9. The molecule has 1 saturated heterocycles. The number of sulfonamides is 1. The second-order valence-corrected chi connectivity index (χ2v) is 9.52. The molecule has 0 aromatic heterocycles. The number of amides is 1. The molecule has 1 heterocycles. The first-order chi connectivity index (χ1) is 14.2. The van der Waals surface area contributed by atoms with E-state index in [9.17, 15) is 18.0 Å². The largest absolute Gasteiger partial charge is 0.449 e. The number of rotatable bonds is 6. The zero-order valence-corrected chi connectivity index (χ0v) is 18.4. The van der Waals surface area contributed by atoms with Crippen molar-refractivity contribution in [3.8, 4) is 0 Å². The van der Waals surface area contributed by atoms with Crippen LogP contribution in [0.2, 0.25) is 10.0 Å². The van der Waals surface area contributed by atoms with E-state index in [-0.39, 0.29) is 15.5 Å². The first-order valence-corrected chi connectivity index (χ1v) is 11.5. The van der Waals surface area contributed by atoms with Gasteiger partial charge in [0, 0.05) is 13.1 Å². The number of hydrogen-bond acceptors (Lipinski definition) is 5. The van der Waals surface area contributed by atoms with Gasteiger partial charge in [-0.3, -0.25) is 4.79 Å². The maximum Gasteiger partial charge on any atom is 0.340 e. The number of nitrogens with one attached hydrogen (secondary N) is 1. The van der Waals surface area contributed by atoms with Gasteiger partial charge in [-0.05, 0) is 50.1 Å². The van der Waals surface area contributed by atoms with Crippen LogP contribution in [0.4, 0.5) is 5.69 Å². The van der Waals surface area contributed by atoms with E-state index in [0.717, 1.165) is 12.8 Å². The van der Waals surface area contributed by atoms with Crippen LogP contribution in [0.15, 0.2) is 47.4 Å². The minimum absolute atomic E-state index is 0.0269. The van der Waals surface area contributed by atoms with E-state index < -0.39 is 28.0 Å². The number of hydrogen-bond donors (Lipinski definition) is 1. The number of para-hydroxylation sites is 1. The molecule has 0 spiro atoms. The van der Waals surface area contributed by atoms with Crippen LogP contribution in [0.1, 0.15) is 30.1 Å². The standard InChI is InChI=1S/C20H20Cl2N2O5S/c1-13(19(25)23-18-7-3-2-6-17(18)22)29-20(26)15-12-14(8-9-16(15)21)30(27,28)24-10-4-5-11-24/h2-3,6-9,12-13H,4-5,10-11H2,1H3,(H,23,25). The third-order valence-electron chi connectivity index (χ3n) is 4.65. The Hall–Kier alpha value is -2.13. The van der Waals surface area contributed by atoms with Crippen molar-refractivity contribution in [3.63, 3.8) is 0 Å². The zero-order chi connectivity index (χ0) is 21.9. The molecule has 10 heteroatoms. The fraction of sp³-hybridized carbons (Fsp3) is 0.300. The minimum Gasteiger partial charge on any atom is -0.449 e. The van der Waals surface area contributed by atoms with Gasteiger partial charge < -0.3 is 10.1 Å². The smallest absolute Gasteiger partial charge is 0.340 e. The summed E-state index contributed by atoms with van der Waals surface area (Å²) in [6.45, 7) is 2.26. The van der Waals surface area contributed by atoms with Crippen molar-refractivity contribution in [2.75, 3.05) is 18.4 Å². The molecule has 1 atom stereocenters. The summed E-state index contributed by atoms with van der Waals surface area (Å²) in [5.74, 6) is -1.49. The zero-order valence-electron chi connectivity index (χ0n) is 16.1. The van der Waals surface area contributed by atoms with Crippen LogP contribution in [0, 0.1) is 0 Å². The summed E-state index contributed by atoms with van der Waals surface area (Å²) >= 11 is 12.1. The van der Waals surface area contributed by atoms with Crippen LogP contribution in [-0.4, -0.2) is 43.8 Å². The van der Waals surface area contributed by atoms with Crippen molar-refractivity contribution in [2.24, 2.45) is 0 Å². The summed E-state index contributed by atoms with van der Waals surface area (Å²) in [5, 5.41) is 2.94. The molecule has 7 nitrogen and oxygen atoms in total. The lowest BCUT2D eigenvalue weighted by molar-refractivity contribution is -0.123. The van der Waals surface area contributed by atoms with Crippen molar-refractivity contribution >= 4 is 50.8 Å². The highest BCUT2D eigenvalue weighted by Crippen LogP contribution is 2.26. The Morgan fingerprint density at radius 2 is 1.73 bits per heavy atom. The molecule has 0 radical (unpaired) electrons. The average molecular weight is 471 g/mol. The number of ether oxygens (including phenoxy) is 1. The Kier molecular flexibility index (Phi) is 7.02. The Morgan fingerprint density at radius 1 is 1.07 bits per heavy atom. The fourth-order valence-corrected chi connectivity index (χ4v) is 4.89. The summed E-state index contributed by atoms with van der Waals surface area (Å²) in [6.07, 6.45) is 0.420. The van der Waals surface area contributed by atoms with Crippen LogP contribution in [0.25, 0.3) is 0 Å². The quantitative estimate of drug-likeness (QED) is 0.644. The summed E-state index contributed by atoms with van der Waals surface area (Å²) in [6, 6.07) is 10.5. The lowest BCUT2D eigenvalue weighted by Gasteiger charge is -2.17. The predicted molar refractivity (Wildman–Crippen MR) is 114 cm³/mol. The highest BCUT2D eigenvalue weighted by atomic mass is 35.5. The molecule has 1 amide bonds. The maximum absolute atomic E-state index is 12.7.